The van der Waals surface area contributed by atoms with Crippen molar-refractivity contribution in [3.8, 4) is 11.5 Å². The maximum atomic E-state index is 9.89. The monoisotopic (exact) mass is 297 g/mol. The number of rotatable bonds is 4. The number of ether oxygens (including phenoxy) is 1. The Morgan fingerprint density at radius 1 is 1.21 bits per heavy atom. The number of halogens is 2. The Kier molecular flexibility index (Phi) is 4.40. The lowest BCUT2D eigenvalue weighted by molar-refractivity contribution is 0.345. The SMILES string of the molecule is Cc1c(Cl)cc(NCOc2ccccc2)c(O)c1Cl. The number of aromatic hydroxyl groups is 1. The van der Waals surface area contributed by atoms with Gasteiger partial charge >= 0.3 is 0 Å². The molecule has 0 saturated heterocycles. The number of benzene rings is 2. The first-order valence-corrected chi connectivity index (χ1v) is 6.44. The van der Waals surface area contributed by atoms with Gasteiger partial charge in [0.1, 0.15) is 5.75 Å². The van der Waals surface area contributed by atoms with E-state index in [0.717, 1.165) is 5.75 Å². The molecule has 0 fully saturated rings. The molecule has 19 heavy (non-hydrogen) atoms. The summed E-state index contributed by atoms with van der Waals surface area (Å²) in [5, 5.41) is 13.6. The van der Waals surface area contributed by atoms with Crippen LogP contribution in [0.15, 0.2) is 36.4 Å². The molecule has 0 atom stereocenters. The van der Waals surface area contributed by atoms with E-state index in [-0.39, 0.29) is 17.5 Å². The second-order valence-corrected chi connectivity index (χ2v) is 4.76. The van der Waals surface area contributed by atoms with E-state index in [0.29, 0.717) is 16.3 Å². The summed E-state index contributed by atoms with van der Waals surface area (Å²) in [5.41, 5.74) is 1.09. The minimum absolute atomic E-state index is 0.0276. The summed E-state index contributed by atoms with van der Waals surface area (Å²) < 4.78 is 5.47. The summed E-state index contributed by atoms with van der Waals surface area (Å²) in [6.07, 6.45) is 0. The molecule has 2 N–H and O–H groups in total. The molecule has 0 unspecified atom stereocenters. The van der Waals surface area contributed by atoms with Crippen molar-refractivity contribution in [2.45, 2.75) is 6.92 Å². The van der Waals surface area contributed by atoms with Crippen molar-refractivity contribution in [3.05, 3.63) is 52.0 Å². The number of phenolic OH excluding ortho intramolecular Hbond substituents is 1. The van der Waals surface area contributed by atoms with Crippen LogP contribution in [0.2, 0.25) is 10.0 Å². The molecule has 0 aliphatic heterocycles. The van der Waals surface area contributed by atoms with Crippen molar-refractivity contribution in [2.24, 2.45) is 0 Å². The smallest absolute Gasteiger partial charge is 0.159 e. The second kappa shape index (κ2) is 6.04. The van der Waals surface area contributed by atoms with Gasteiger partial charge in [0.2, 0.25) is 0 Å². The van der Waals surface area contributed by atoms with Crippen LogP contribution in [0.25, 0.3) is 0 Å². The highest BCUT2D eigenvalue weighted by atomic mass is 35.5. The molecule has 0 amide bonds. The molecule has 0 aliphatic rings. The van der Waals surface area contributed by atoms with Gasteiger partial charge in [-0.1, -0.05) is 41.4 Å². The number of nitrogens with one attached hydrogen (secondary N) is 1. The van der Waals surface area contributed by atoms with Gasteiger partial charge in [-0.05, 0) is 30.7 Å². The standard InChI is InChI=1S/C14H13Cl2NO2/c1-9-11(15)7-12(14(18)13(9)16)17-8-19-10-5-3-2-4-6-10/h2-7,17-18H,8H2,1H3. The molecule has 100 valence electrons. The molecule has 0 bridgehead atoms. The lowest BCUT2D eigenvalue weighted by atomic mass is 10.2. The minimum atomic E-state index is -0.0276. The van der Waals surface area contributed by atoms with Crippen LogP contribution in [0.5, 0.6) is 11.5 Å². The minimum Gasteiger partial charge on any atom is -0.504 e. The Labute approximate surface area is 121 Å². The van der Waals surface area contributed by atoms with Gasteiger partial charge in [0.25, 0.3) is 0 Å². The van der Waals surface area contributed by atoms with E-state index in [4.69, 9.17) is 27.9 Å². The molecule has 0 heterocycles. The quantitative estimate of drug-likeness (QED) is 0.647. The molecule has 2 rings (SSSR count). The summed E-state index contributed by atoms with van der Waals surface area (Å²) in [5.74, 6) is 0.707. The first-order chi connectivity index (χ1) is 9.09. The highest BCUT2D eigenvalue weighted by Gasteiger charge is 2.12. The number of hydrogen-bond acceptors (Lipinski definition) is 3. The van der Waals surface area contributed by atoms with Crippen LogP contribution < -0.4 is 10.1 Å². The molecule has 2 aromatic carbocycles. The average Bonchev–Trinajstić information content (AvgIpc) is 2.43. The van der Waals surface area contributed by atoms with Gasteiger partial charge in [-0.3, -0.25) is 0 Å². The predicted octanol–water partition coefficient (Wildman–Crippen LogP) is 4.46. The van der Waals surface area contributed by atoms with Crippen LogP contribution in [0, 0.1) is 6.92 Å². The average molecular weight is 298 g/mol. The topological polar surface area (TPSA) is 41.5 Å². The predicted molar refractivity (Wildman–Crippen MR) is 78.4 cm³/mol. The van der Waals surface area contributed by atoms with E-state index in [2.05, 4.69) is 5.32 Å². The lowest BCUT2D eigenvalue weighted by Crippen LogP contribution is -2.09. The van der Waals surface area contributed by atoms with Gasteiger partial charge in [-0.2, -0.15) is 0 Å². The second-order valence-electron chi connectivity index (χ2n) is 3.97. The summed E-state index contributed by atoms with van der Waals surface area (Å²) >= 11 is 12.0. The molecule has 0 spiro atoms. The number of phenols is 1. The van der Waals surface area contributed by atoms with Crippen LogP contribution in [0.1, 0.15) is 5.56 Å². The van der Waals surface area contributed by atoms with Crippen LogP contribution in [0.4, 0.5) is 5.69 Å². The first kappa shape index (κ1) is 13.8. The van der Waals surface area contributed by atoms with Crippen LogP contribution in [-0.4, -0.2) is 11.8 Å². The molecular formula is C14H13Cl2NO2. The van der Waals surface area contributed by atoms with Crippen molar-refractivity contribution in [2.75, 3.05) is 12.0 Å². The fourth-order valence-electron chi connectivity index (χ4n) is 1.55. The van der Waals surface area contributed by atoms with Gasteiger partial charge in [0.05, 0.1) is 10.7 Å². The van der Waals surface area contributed by atoms with Crippen molar-refractivity contribution < 1.29 is 9.84 Å². The highest BCUT2D eigenvalue weighted by Crippen LogP contribution is 2.38. The molecule has 3 nitrogen and oxygen atoms in total. The fraction of sp³-hybridized carbons (Fsp3) is 0.143. The van der Waals surface area contributed by atoms with Crippen molar-refractivity contribution in [3.63, 3.8) is 0 Å². The van der Waals surface area contributed by atoms with E-state index in [1.54, 1.807) is 13.0 Å². The van der Waals surface area contributed by atoms with E-state index >= 15 is 0 Å². The zero-order valence-electron chi connectivity index (χ0n) is 10.3. The third-order valence-corrected chi connectivity index (χ3v) is 3.52. The van der Waals surface area contributed by atoms with Gasteiger partial charge in [-0.15, -0.1) is 0 Å². The molecule has 0 aromatic heterocycles. The van der Waals surface area contributed by atoms with Crippen LogP contribution in [0.3, 0.4) is 0 Å². The van der Waals surface area contributed by atoms with Gasteiger partial charge < -0.3 is 15.2 Å². The molecule has 2 aromatic rings. The lowest BCUT2D eigenvalue weighted by Gasteiger charge is -2.13. The third-order valence-electron chi connectivity index (χ3n) is 2.67. The zero-order valence-corrected chi connectivity index (χ0v) is 11.8. The Bertz CT molecular complexity index is 573. The Morgan fingerprint density at radius 2 is 1.89 bits per heavy atom. The largest absolute Gasteiger partial charge is 0.504 e. The number of para-hydroxylation sites is 1. The zero-order chi connectivity index (χ0) is 13.8. The van der Waals surface area contributed by atoms with Crippen molar-refractivity contribution >= 4 is 28.9 Å². The van der Waals surface area contributed by atoms with E-state index in [1.165, 1.54) is 0 Å². The highest BCUT2D eigenvalue weighted by molar-refractivity contribution is 6.37. The van der Waals surface area contributed by atoms with Gasteiger partial charge in [0.15, 0.2) is 12.5 Å². The van der Waals surface area contributed by atoms with E-state index in [1.807, 2.05) is 30.3 Å². The summed E-state index contributed by atoms with van der Waals surface area (Å²) in [6.45, 7) is 1.95. The van der Waals surface area contributed by atoms with Crippen LogP contribution in [-0.2, 0) is 0 Å². The summed E-state index contributed by atoms with van der Waals surface area (Å²) in [6, 6.07) is 11.0. The number of hydrogen-bond donors (Lipinski definition) is 2. The van der Waals surface area contributed by atoms with Gasteiger partial charge in [-0.25, -0.2) is 0 Å². The van der Waals surface area contributed by atoms with Crippen molar-refractivity contribution in [1.82, 2.24) is 0 Å². The van der Waals surface area contributed by atoms with Gasteiger partial charge in [0, 0.05) is 5.02 Å². The van der Waals surface area contributed by atoms with Crippen molar-refractivity contribution in [1.29, 1.82) is 0 Å². The number of anilines is 1. The Morgan fingerprint density at radius 3 is 2.58 bits per heavy atom. The van der Waals surface area contributed by atoms with E-state index in [9.17, 15) is 5.11 Å². The Hall–Kier alpha value is -1.58. The summed E-state index contributed by atoms with van der Waals surface area (Å²) in [7, 11) is 0. The maximum absolute atomic E-state index is 9.89. The maximum Gasteiger partial charge on any atom is 0.159 e. The molecule has 0 saturated carbocycles. The van der Waals surface area contributed by atoms with E-state index < -0.39 is 0 Å². The molecule has 5 heteroatoms. The molecular weight excluding hydrogens is 285 g/mol. The first-order valence-electron chi connectivity index (χ1n) is 5.69. The summed E-state index contributed by atoms with van der Waals surface area (Å²) in [4.78, 5) is 0. The normalized spacial score (nSPS) is 10.3. The fourth-order valence-corrected chi connectivity index (χ4v) is 2.01. The third kappa shape index (κ3) is 3.25. The molecule has 0 radical (unpaired) electrons. The van der Waals surface area contributed by atoms with Crippen LogP contribution >= 0.6 is 23.2 Å². The Balaban J connectivity index is 2.04. The molecule has 0 aliphatic carbocycles.